The molecule has 0 aromatic heterocycles. The van der Waals surface area contributed by atoms with Crippen LogP contribution in [0, 0.1) is 5.92 Å². The lowest BCUT2D eigenvalue weighted by atomic mass is 10.1. The first-order valence-electron chi connectivity index (χ1n) is 9.08. The molecule has 1 saturated heterocycles. The summed E-state index contributed by atoms with van der Waals surface area (Å²) < 4.78 is 0. The van der Waals surface area contributed by atoms with Gasteiger partial charge in [-0.1, -0.05) is 20.8 Å². The number of guanidine groups is 1. The number of piperazine rings is 1. The fourth-order valence-corrected chi connectivity index (χ4v) is 2.69. The minimum atomic E-state index is 0.468. The molecule has 1 aliphatic heterocycles. The van der Waals surface area contributed by atoms with Crippen LogP contribution in [0.4, 0.5) is 0 Å². The Hall–Kier alpha value is -0.810. The lowest BCUT2D eigenvalue weighted by molar-refractivity contribution is 0.125. The molecule has 2 N–H and O–H groups in total. The van der Waals surface area contributed by atoms with Crippen LogP contribution in [-0.2, 0) is 0 Å². The van der Waals surface area contributed by atoms with Crippen LogP contribution in [0.5, 0.6) is 0 Å². The molecule has 0 radical (unpaired) electrons. The van der Waals surface area contributed by atoms with Crippen molar-refractivity contribution in [2.24, 2.45) is 10.9 Å². The molecule has 0 amide bonds. The Labute approximate surface area is 137 Å². The molecule has 1 heterocycles. The number of aliphatic imine (C=N–C) groups is 1. The van der Waals surface area contributed by atoms with Crippen molar-refractivity contribution in [1.82, 2.24) is 20.4 Å². The topological polar surface area (TPSA) is 42.9 Å². The van der Waals surface area contributed by atoms with Crippen molar-refractivity contribution in [1.29, 1.82) is 0 Å². The van der Waals surface area contributed by atoms with E-state index in [9.17, 15) is 0 Å². The first-order valence-corrected chi connectivity index (χ1v) is 9.08. The van der Waals surface area contributed by atoms with Gasteiger partial charge in [0.25, 0.3) is 0 Å². The summed E-state index contributed by atoms with van der Waals surface area (Å²) in [5.74, 6) is 1.56. The largest absolute Gasteiger partial charge is 0.357 e. The molecule has 1 fully saturated rings. The number of hydrogen-bond donors (Lipinski definition) is 2. The Morgan fingerprint density at radius 1 is 1.05 bits per heavy atom. The van der Waals surface area contributed by atoms with Crippen molar-refractivity contribution in [2.75, 3.05) is 52.4 Å². The summed E-state index contributed by atoms with van der Waals surface area (Å²) in [5.41, 5.74) is 0. The van der Waals surface area contributed by atoms with E-state index < -0.39 is 0 Å². The summed E-state index contributed by atoms with van der Waals surface area (Å²) in [6, 6.07) is 0.468. The molecule has 0 aromatic carbocycles. The van der Waals surface area contributed by atoms with E-state index in [0.29, 0.717) is 12.0 Å². The summed E-state index contributed by atoms with van der Waals surface area (Å²) in [4.78, 5) is 9.87. The number of likely N-dealkylation sites (N-methyl/N-ethyl adjacent to an activating group) is 1. The monoisotopic (exact) mass is 311 g/mol. The highest BCUT2D eigenvalue weighted by Crippen LogP contribution is 2.06. The Morgan fingerprint density at radius 2 is 1.68 bits per heavy atom. The van der Waals surface area contributed by atoms with E-state index in [1.165, 1.54) is 32.7 Å². The van der Waals surface area contributed by atoms with Crippen molar-refractivity contribution in [3.8, 4) is 0 Å². The van der Waals surface area contributed by atoms with Crippen LogP contribution in [0.15, 0.2) is 4.99 Å². The zero-order valence-electron chi connectivity index (χ0n) is 15.4. The van der Waals surface area contributed by atoms with E-state index in [4.69, 9.17) is 4.99 Å². The van der Waals surface area contributed by atoms with Crippen molar-refractivity contribution in [2.45, 2.75) is 47.1 Å². The van der Waals surface area contributed by atoms with Crippen LogP contribution in [-0.4, -0.2) is 74.2 Å². The predicted octanol–water partition coefficient (Wildman–Crippen LogP) is 1.61. The summed E-state index contributed by atoms with van der Waals surface area (Å²) in [6.07, 6.45) is 1.11. The van der Waals surface area contributed by atoms with E-state index >= 15 is 0 Å². The number of hydrogen-bond acceptors (Lipinski definition) is 3. The van der Waals surface area contributed by atoms with E-state index in [0.717, 1.165) is 32.0 Å². The van der Waals surface area contributed by atoms with Gasteiger partial charge in [-0.15, -0.1) is 0 Å². The molecule has 0 spiro atoms. The molecule has 0 aromatic rings. The third-order valence-electron chi connectivity index (χ3n) is 4.38. The van der Waals surface area contributed by atoms with Gasteiger partial charge in [-0.3, -0.25) is 4.99 Å². The van der Waals surface area contributed by atoms with Gasteiger partial charge in [0.2, 0.25) is 0 Å². The lowest BCUT2D eigenvalue weighted by Gasteiger charge is -2.35. The fourth-order valence-electron chi connectivity index (χ4n) is 2.69. The highest BCUT2D eigenvalue weighted by atomic mass is 15.3. The van der Waals surface area contributed by atoms with Crippen LogP contribution in [0.2, 0.25) is 0 Å². The average Bonchev–Trinajstić information content (AvgIpc) is 2.53. The molecular weight excluding hydrogens is 274 g/mol. The van der Waals surface area contributed by atoms with Gasteiger partial charge in [0.1, 0.15) is 0 Å². The molecule has 130 valence electrons. The van der Waals surface area contributed by atoms with Crippen molar-refractivity contribution < 1.29 is 0 Å². The Bertz CT molecular complexity index is 310. The third-order valence-corrected chi connectivity index (χ3v) is 4.38. The van der Waals surface area contributed by atoms with Gasteiger partial charge in [0.05, 0.1) is 0 Å². The van der Waals surface area contributed by atoms with E-state index in [-0.39, 0.29) is 0 Å². The molecule has 0 aliphatic carbocycles. The minimum absolute atomic E-state index is 0.468. The Morgan fingerprint density at radius 3 is 2.23 bits per heavy atom. The third kappa shape index (κ3) is 7.45. The first-order chi connectivity index (χ1) is 10.6. The van der Waals surface area contributed by atoms with Gasteiger partial charge in [0.15, 0.2) is 5.96 Å². The van der Waals surface area contributed by atoms with Crippen LogP contribution < -0.4 is 10.6 Å². The number of nitrogens with one attached hydrogen (secondary N) is 2. The van der Waals surface area contributed by atoms with Gasteiger partial charge >= 0.3 is 0 Å². The minimum Gasteiger partial charge on any atom is -0.357 e. The maximum atomic E-state index is 4.76. The van der Waals surface area contributed by atoms with E-state index in [1.807, 2.05) is 0 Å². The first kappa shape index (κ1) is 19.2. The van der Waals surface area contributed by atoms with Crippen LogP contribution in [0.1, 0.15) is 41.0 Å². The zero-order chi connectivity index (χ0) is 16.4. The number of nitrogens with zero attached hydrogens (tertiary/aromatic N) is 3. The van der Waals surface area contributed by atoms with Crippen LogP contribution >= 0.6 is 0 Å². The van der Waals surface area contributed by atoms with Crippen molar-refractivity contribution in [3.63, 3.8) is 0 Å². The van der Waals surface area contributed by atoms with Gasteiger partial charge in [-0.25, -0.2) is 0 Å². The van der Waals surface area contributed by atoms with E-state index in [2.05, 4.69) is 55.1 Å². The second kappa shape index (κ2) is 10.8. The SMILES string of the molecule is CCNC(=NCC(C)CN1CCN(CC)CC1)NC(C)CC. The molecule has 1 aliphatic rings. The summed E-state index contributed by atoms with van der Waals surface area (Å²) >= 11 is 0. The predicted molar refractivity (Wildman–Crippen MR) is 96.6 cm³/mol. The van der Waals surface area contributed by atoms with Gasteiger partial charge in [-0.2, -0.15) is 0 Å². The lowest BCUT2D eigenvalue weighted by Crippen LogP contribution is -2.47. The smallest absolute Gasteiger partial charge is 0.191 e. The second-order valence-electron chi connectivity index (χ2n) is 6.51. The summed E-state index contributed by atoms with van der Waals surface area (Å²) in [6.45, 7) is 20.0. The molecule has 0 saturated carbocycles. The van der Waals surface area contributed by atoms with Gasteiger partial charge in [-0.05, 0) is 32.7 Å². The van der Waals surface area contributed by atoms with Gasteiger partial charge in [0, 0.05) is 51.9 Å². The van der Waals surface area contributed by atoms with Crippen LogP contribution in [0.25, 0.3) is 0 Å². The van der Waals surface area contributed by atoms with Gasteiger partial charge < -0.3 is 20.4 Å². The highest BCUT2D eigenvalue weighted by molar-refractivity contribution is 5.80. The normalized spacial score (nSPS) is 20.7. The fraction of sp³-hybridized carbons (Fsp3) is 0.941. The number of rotatable bonds is 8. The Balaban J connectivity index is 2.35. The average molecular weight is 312 g/mol. The van der Waals surface area contributed by atoms with Crippen molar-refractivity contribution in [3.05, 3.63) is 0 Å². The second-order valence-corrected chi connectivity index (χ2v) is 6.51. The molecular formula is C17H37N5. The van der Waals surface area contributed by atoms with Crippen LogP contribution in [0.3, 0.4) is 0 Å². The molecule has 5 nitrogen and oxygen atoms in total. The summed E-state index contributed by atoms with van der Waals surface area (Å²) in [7, 11) is 0. The Kier molecular flexibility index (Phi) is 9.48. The standard InChI is InChI=1S/C17H37N5/c1-6-16(5)20-17(18-7-2)19-13-15(4)14-22-11-9-21(8-3)10-12-22/h15-16H,6-14H2,1-5H3,(H2,18,19,20). The molecule has 5 heteroatoms. The maximum absolute atomic E-state index is 4.76. The molecule has 22 heavy (non-hydrogen) atoms. The quantitative estimate of drug-likeness (QED) is 0.528. The zero-order valence-corrected chi connectivity index (χ0v) is 15.4. The molecule has 1 rings (SSSR count). The van der Waals surface area contributed by atoms with E-state index in [1.54, 1.807) is 0 Å². The maximum Gasteiger partial charge on any atom is 0.191 e. The van der Waals surface area contributed by atoms with Crippen molar-refractivity contribution >= 4 is 5.96 Å². The molecule has 0 bridgehead atoms. The summed E-state index contributed by atoms with van der Waals surface area (Å²) in [5, 5.41) is 6.80. The molecule has 2 unspecified atom stereocenters. The molecule has 2 atom stereocenters. The highest BCUT2D eigenvalue weighted by Gasteiger charge is 2.17.